The summed E-state index contributed by atoms with van der Waals surface area (Å²) in [6.45, 7) is 3.91. The molecule has 0 aromatic heterocycles. The third kappa shape index (κ3) is 5.05. The predicted molar refractivity (Wildman–Crippen MR) is 99.0 cm³/mol. The molecule has 4 nitrogen and oxygen atoms in total. The molecule has 0 saturated heterocycles. The minimum absolute atomic E-state index is 0.493. The summed E-state index contributed by atoms with van der Waals surface area (Å²) in [4.78, 5) is 2.05. The summed E-state index contributed by atoms with van der Waals surface area (Å²) in [6, 6.07) is 15.6. The van der Waals surface area contributed by atoms with E-state index in [2.05, 4.69) is 11.0 Å². The van der Waals surface area contributed by atoms with E-state index in [0.717, 1.165) is 29.7 Å². The van der Waals surface area contributed by atoms with Crippen molar-refractivity contribution in [3.8, 4) is 17.2 Å². The molecule has 1 heterocycles. The van der Waals surface area contributed by atoms with Gasteiger partial charge >= 0.3 is 0 Å². The van der Waals surface area contributed by atoms with Crippen molar-refractivity contribution in [3.05, 3.63) is 78.2 Å². The molecule has 25 heavy (non-hydrogen) atoms. The Hall–Kier alpha value is -2.88. The molecule has 0 bridgehead atoms. The quantitative estimate of drug-likeness (QED) is 0.695. The Labute approximate surface area is 148 Å². The van der Waals surface area contributed by atoms with Crippen LogP contribution in [0.25, 0.3) is 0 Å². The SMILES string of the molecule is Cc1cccc(Oc2ccc(OCCOC3=CC=CCN3C)cc2)c1. The van der Waals surface area contributed by atoms with Gasteiger partial charge in [0, 0.05) is 13.6 Å². The molecule has 0 spiro atoms. The molecule has 1 aliphatic rings. The fraction of sp³-hybridized carbons (Fsp3) is 0.238. The lowest BCUT2D eigenvalue weighted by molar-refractivity contribution is 0.103. The molecular formula is C21H23NO3. The van der Waals surface area contributed by atoms with Gasteiger partial charge in [0.05, 0.1) is 0 Å². The standard InChI is InChI=1S/C21H23NO3/c1-17-6-5-7-20(16-17)25-19-11-9-18(10-12-19)23-14-15-24-21-8-3-4-13-22(21)2/h3-12,16H,13-15H2,1-2H3. The Morgan fingerprint density at radius 3 is 2.44 bits per heavy atom. The van der Waals surface area contributed by atoms with Crippen molar-refractivity contribution in [2.75, 3.05) is 26.8 Å². The molecule has 2 aromatic rings. The average Bonchev–Trinajstić information content (AvgIpc) is 2.61. The van der Waals surface area contributed by atoms with Crippen LogP contribution in [-0.4, -0.2) is 31.7 Å². The first-order valence-electron chi connectivity index (χ1n) is 8.39. The topological polar surface area (TPSA) is 30.9 Å². The second-order valence-corrected chi connectivity index (χ2v) is 5.90. The molecule has 1 aliphatic heterocycles. The monoisotopic (exact) mass is 337 g/mol. The molecule has 0 unspecified atom stereocenters. The van der Waals surface area contributed by atoms with Gasteiger partial charge in [0.15, 0.2) is 5.88 Å². The van der Waals surface area contributed by atoms with Gasteiger partial charge in [0.2, 0.25) is 0 Å². The summed E-state index contributed by atoms with van der Waals surface area (Å²) < 4.78 is 17.3. The summed E-state index contributed by atoms with van der Waals surface area (Å²) in [5, 5.41) is 0. The maximum atomic E-state index is 5.83. The molecule has 0 atom stereocenters. The van der Waals surface area contributed by atoms with Crippen molar-refractivity contribution in [1.29, 1.82) is 0 Å². The van der Waals surface area contributed by atoms with E-state index in [1.807, 2.05) is 74.7 Å². The minimum atomic E-state index is 0.493. The minimum Gasteiger partial charge on any atom is -0.490 e. The highest BCUT2D eigenvalue weighted by Gasteiger charge is 2.06. The van der Waals surface area contributed by atoms with E-state index in [9.17, 15) is 0 Å². The van der Waals surface area contributed by atoms with Crippen LogP contribution in [0.1, 0.15) is 5.56 Å². The number of hydrogen-bond donors (Lipinski definition) is 0. The maximum absolute atomic E-state index is 5.83. The number of benzene rings is 2. The zero-order valence-corrected chi connectivity index (χ0v) is 14.6. The van der Waals surface area contributed by atoms with Gasteiger partial charge in [-0.05, 0) is 55.0 Å². The van der Waals surface area contributed by atoms with Crippen LogP contribution in [0.4, 0.5) is 0 Å². The lowest BCUT2D eigenvalue weighted by Gasteiger charge is -2.23. The van der Waals surface area contributed by atoms with E-state index in [0.29, 0.717) is 13.2 Å². The Kier molecular flexibility index (Phi) is 5.62. The van der Waals surface area contributed by atoms with Crippen LogP contribution in [0.2, 0.25) is 0 Å². The summed E-state index contributed by atoms with van der Waals surface area (Å²) >= 11 is 0. The maximum Gasteiger partial charge on any atom is 0.189 e. The smallest absolute Gasteiger partial charge is 0.189 e. The van der Waals surface area contributed by atoms with Crippen LogP contribution < -0.4 is 9.47 Å². The lowest BCUT2D eigenvalue weighted by Crippen LogP contribution is -2.23. The molecule has 3 rings (SSSR count). The number of hydrogen-bond acceptors (Lipinski definition) is 4. The van der Waals surface area contributed by atoms with Crippen molar-refractivity contribution < 1.29 is 14.2 Å². The summed E-state index contributed by atoms with van der Waals surface area (Å²) in [5.41, 5.74) is 1.17. The molecule has 4 heteroatoms. The highest BCUT2D eigenvalue weighted by atomic mass is 16.5. The van der Waals surface area contributed by atoms with E-state index in [1.54, 1.807) is 0 Å². The first-order valence-corrected chi connectivity index (χ1v) is 8.39. The third-order valence-electron chi connectivity index (χ3n) is 3.78. The second kappa shape index (κ2) is 8.29. The Bertz CT molecular complexity index is 750. The van der Waals surface area contributed by atoms with Crippen molar-refractivity contribution in [3.63, 3.8) is 0 Å². The van der Waals surface area contributed by atoms with Crippen molar-refractivity contribution >= 4 is 0 Å². The molecule has 0 N–H and O–H groups in total. The van der Waals surface area contributed by atoms with Crippen LogP contribution in [0.15, 0.2) is 72.6 Å². The van der Waals surface area contributed by atoms with Crippen LogP contribution in [0, 0.1) is 6.92 Å². The van der Waals surface area contributed by atoms with Crippen LogP contribution >= 0.6 is 0 Å². The third-order valence-corrected chi connectivity index (χ3v) is 3.78. The van der Waals surface area contributed by atoms with Gasteiger partial charge in [-0.1, -0.05) is 24.3 Å². The van der Waals surface area contributed by atoms with E-state index < -0.39 is 0 Å². The zero-order valence-electron chi connectivity index (χ0n) is 14.6. The number of nitrogens with zero attached hydrogens (tertiary/aromatic N) is 1. The Balaban J connectivity index is 1.45. The zero-order chi connectivity index (χ0) is 17.5. The van der Waals surface area contributed by atoms with Crippen LogP contribution in [-0.2, 0) is 4.74 Å². The van der Waals surface area contributed by atoms with Crippen molar-refractivity contribution in [2.24, 2.45) is 0 Å². The van der Waals surface area contributed by atoms with Gasteiger partial charge in [-0.3, -0.25) is 0 Å². The van der Waals surface area contributed by atoms with Crippen LogP contribution in [0.3, 0.4) is 0 Å². The molecule has 0 fully saturated rings. The highest BCUT2D eigenvalue weighted by molar-refractivity contribution is 5.36. The molecule has 0 saturated carbocycles. The van der Waals surface area contributed by atoms with Crippen molar-refractivity contribution in [1.82, 2.24) is 4.90 Å². The summed E-state index contributed by atoms with van der Waals surface area (Å²) in [7, 11) is 2.00. The second-order valence-electron chi connectivity index (χ2n) is 5.90. The Morgan fingerprint density at radius 2 is 1.68 bits per heavy atom. The number of aryl methyl sites for hydroxylation is 1. The van der Waals surface area contributed by atoms with Gasteiger partial charge in [-0.25, -0.2) is 0 Å². The van der Waals surface area contributed by atoms with E-state index in [-0.39, 0.29) is 0 Å². The van der Waals surface area contributed by atoms with E-state index in [4.69, 9.17) is 14.2 Å². The summed E-state index contributed by atoms with van der Waals surface area (Å²) in [5.74, 6) is 3.29. The fourth-order valence-electron chi connectivity index (χ4n) is 2.47. The number of allylic oxidation sites excluding steroid dienone is 2. The highest BCUT2D eigenvalue weighted by Crippen LogP contribution is 2.24. The predicted octanol–water partition coefficient (Wildman–Crippen LogP) is 4.53. The number of rotatable bonds is 7. The average molecular weight is 337 g/mol. The molecule has 0 aliphatic carbocycles. The van der Waals surface area contributed by atoms with Crippen molar-refractivity contribution in [2.45, 2.75) is 6.92 Å². The first-order chi connectivity index (χ1) is 12.2. The molecule has 130 valence electrons. The number of ether oxygens (including phenoxy) is 3. The van der Waals surface area contributed by atoms with Gasteiger partial charge in [0.1, 0.15) is 30.5 Å². The molecule has 2 aromatic carbocycles. The number of likely N-dealkylation sites (N-methyl/N-ethyl adjacent to an activating group) is 1. The van der Waals surface area contributed by atoms with Crippen LogP contribution in [0.5, 0.6) is 17.2 Å². The van der Waals surface area contributed by atoms with Gasteiger partial charge in [0.25, 0.3) is 0 Å². The van der Waals surface area contributed by atoms with Gasteiger partial charge in [-0.15, -0.1) is 0 Å². The normalized spacial score (nSPS) is 13.4. The fourth-order valence-corrected chi connectivity index (χ4v) is 2.47. The summed E-state index contributed by atoms with van der Waals surface area (Å²) in [6.07, 6.45) is 6.05. The van der Waals surface area contributed by atoms with E-state index >= 15 is 0 Å². The lowest BCUT2D eigenvalue weighted by atomic mass is 10.2. The van der Waals surface area contributed by atoms with Gasteiger partial charge in [-0.2, -0.15) is 0 Å². The van der Waals surface area contributed by atoms with Gasteiger partial charge < -0.3 is 19.1 Å². The largest absolute Gasteiger partial charge is 0.490 e. The Morgan fingerprint density at radius 1 is 0.920 bits per heavy atom. The molecular weight excluding hydrogens is 314 g/mol. The molecule has 0 amide bonds. The molecule has 0 radical (unpaired) electrons. The first kappa shape index (κ1) is 17.0. The van der Waals surface area contributed by atoms with E-state index in [1.165, 1.54) is 5.56 Å².